The van der Waals surface area contributed by atoms with E-state index in [-0.39, 0.29) is 0 Å². The maximum absolute atomic E-state index is 11.4. The van der Waals surface area contributed by atoms with Gasteiger partial charge in [-0.3, -0.25) is 4.79 Å². The first-order valence-electron chi connectivity index (χ1n) is 5.95. The Hall–Kier alpha value is -2.30. The number of anilines is 1. The second-order valence-corrected chi connectivity index (χ2v) is 4.86. The summed E-state index contributed by atoms with van der Waals surface area (Å²) < 4.78 is 5.21. The third kappa shape index (κ3) is 2.59. The van der Waals surface area contributed by atoms with Gasteiger partial charge in [0.1, 0.15) is 17.1 Å². The van der Waals surface area contributed by atoms with E-state index in [2.05, 4.69) is 10.3 Å². The number of carbonyl (C=O) groups excluding carboxylic acids is 1. The first-order chi connectivity index (χ1) is 8.94. The van der Waals surface area contributed by atoms with E-state index in [4.69, 9.17) is 10.5 Å². The van der Waals surface area contributed by atoms with Crippen molar-refractivity contribution in [3.8, 4) is 5.75 Å². The summed E-state index contributed by atoms with van der Waals surface area (Å²) in [5, 5.41) is 4.97. The van der Waals surface area contributed by atoms with Crippen molar-refractivity contribution in [2.24, 2.45) is 5.73 Å². The quantitative estimate of drug-likeness (QED) is 0.879. The molecule has 0 saturated heterocycles. The predicted molar refractivity (Wildman–Crippen MR) is 75.2 cm³/mol. The molecule has 0 fully saturated rings. The molecule has 0 bridgehead atoms. The molecule has 5 heteroatoms. The van der Waals surface area contributed by atoms with Gasteiger partial charge in [-0.25, -0.2) is 4.98 Å². The van der Waals surface area contributed by atoms with Crippen LogP contribution < -0.4 is 15.8 Å². The number of hydrogen-bond donors (Lipinski definition) is 2. The lowest BCUT2D eigenvalue weighted by atomic mass is 10.0. The van der Waals surface area contributed by atoms with Gasteiger partial charge in [-0.05, 0) is 37.4 Å². The number of nitrogens with zero attached hydrogens (tertiary/aromatic N) is 1. The Balaban J connectivity index is 2.51. The topological polar surface area (TPSA) is 77.2 Å². The number of methoxy groups -OCH3 is 1. The van der Waals surface area contributed by atoms with E-state index < -0.39 is 11.4 Å². The van der Waals surface area contributed by atoms with Crippen LogP contribution in [-0.4, -0.2) is 23.5 Å². The van der Waals surface area contributed by atoms with Crippen molar-refractivity contribution in [3.05, 3.63) is 30.5 Å². The number of fused-ring (bicyclic) bond motifs is 1. The molecule has 0 radical (unpaired) electrons. The van der Waals surface area contributed by atoms with Crippen LogP contribution in [0, 0.1) is 0 Å². The minimum Gasteiger partial charge on any atom is -0.497 e. The molecule has 3 N–H and O–H groups in total. The fourth-order valence-corrected chi connectivity index (χ4v) is 1.73. The van der Waals surface area contributed by atoms with Crippen molar-refractivity contribution in [2.75, 3.05) is 12.4 Å². The molecule has 0 unspecified atom stereocenters. The lowest BCUT2D eigenvalue weighted by molar-refractivity contribution is -0.121. The number of primary amides is 1. The number of amides is 1. The van der Waals surface area contributed by atoms with Gasteiger partial charge >= 0.3 is 0 Å². The predicted octanol–water partition coefficient (Wildman–Crippen LogP) is 1.92. The number of rotatable bonds is 4. The standard InChI is InChI=1S/C14H17N3O2/c1-14(2,13(15)18)17-12-11-8-10(19-3)5-4-9(11)6-7-16-12/h4-8H,1-3H3,(H2,15,18)(H,16,17). The Morgan fingerprint density at radius 2 is 2.11 bits per heavy atom. The fourth-order valence-electron chi connectivity index (χ4n) is 1.73. The van der Waals surface area contributed by atoms with Gasteiger partial charge in [-0.1, -0.05) is 6.07 Å². The molecule has 1 amide bonds. The number of carbonyl (C=O) groups is 1. The number of ether oxygens (including phenoxy) is 1. The first-order valence-corrected chi connectivity index (χ1v) is 5.95. The van der Waals surface area contributed by atoms with E-state index in [0.29, 0.717) is 5.82 Å². The Bertz CT molecular complexity index is 623. The molecule has 1 aromatic carbocycles. The van der Waals surface area contributed by atoms with Gasteiger partial charge in [0.05, 0.1) is 7.11 Å². The van der Waals surface area contributed by atoms with Gasteiger partial charge in [0.2, 0.25) is 5.91 Å². The van der Waals surface area contributed by atoms with E-state index in [1.54, 1.807) is 27.2 Å². The van der Waals surface area contributed by atoms with Crippen LogP contribution >= 0.6 is 0 Å². The maximum atomic E-state index is 11.4. The molecule has 5 nitrogen and oxygen atoms in total. The summed E-state index contributed by atoms with van der Waals surface area (Å²) >= 11 is 0. The molecule has 1 heterocycles. The van der Waals surface area contributed by atoms with Crippen LogP contribution in [0.25, 0.3) is 10.8 Å². The van der Waals surface area contributed by atoms with Crippen molar-refractivity contribution in [3.63, 3.8) is 0 Å². The van der Waals surface area contributed by atoms with Crippen LogP contribution in [-0.2, 0) is 4.79 Å². The monoisotopic (exact) mass is 259 g/mol. The van der Waals surface area contributed by atoms with Crippen molar-refractivity contribution < 1.29 is 9.53 Å². The zero-order chi connectivity index (χ0) is 14.0. The molecule has 1 aromatic heterocycles. The average Bonchev–Trinajstić information content (AvgIpc) is 2.38. The second-order valence-electron chi connectivity index (χ2n) is 4.86. The summed E-state index contributed by atoms with van der Waals surface area (Å²) in [4.78, 5) is 15.7. The van der Waals surface area contributed by atoms with Crippen molar-refractivity contribution in [1.29, 1.82) is 0 Å². The molecule has 2 aromatic rings. The molecule has 0 saturated carbocycles. The number of aromatic nitrogens is 1. The summed E-state index contributed by atoms with van der Waals surface area (Å²) in [6.45, 7) is 3.44. The Kier molecular flexibility index (Phi) is 3.29. The van der Waals surface area contributed by atoms with Crippen LogP contribution in [0.5, 0.6) is 5.75 Å². The lowest BCUT2D eigenvalue weighted by Gasteiger charge is -2.23. The van der Waals surface area contributed by atoms with Crippen LogP contribution in [0.3, 0.4) is 0 Å². The van der Waals surface area contributed by atoms with Crippen molar-refractivity contribution in [1.82, 2.24) is 4.98 Å². The zero-order valence-corrected chi connectivity index (χ0v) is 11.2. The van der Waals surface area contributed by atoms with Gasteiger partial charge in [-0.2, -0.15) is 0 Å². The SMILES string of the molecule is COc1ccc2ccnc(NC(C)(C)C(N)=O)c2c1. The van der Waals surface area contributed by atoms with Crippen LogP contribution in [0.4, 0.5) is 5.82 Å². The molecular formula is C14H17N3O2. The number of nitrogens with two attached hydrogens (primary N) is 1. The summed E-state index contributed by atoms with van der Waals surface area (Å²) in [6.07, 6.45) is 1.69. The highest BCUT2D eigenvalue weighted by Crippen LogP contribution is 2.27. The van der Waals surface area contributed by atoms with Crippen LogP contribution in [0.2, 0.25) is 0 Å². The van der Waals surface area contributed by atoms with E-state index >= 15 is 0 Å². The largest absolute Gasteiger partial charge is 0.497 e. The minimum atomic E-state index is -0.871. The lowest BCUT2D eigenvalue weighted by Crippen LogP contribution is -2.45. The molecule has 100 valence electrons. The summed E-state index contributed by atoms with van der Waals surface area (Å²) in [5.41, 5.74) is 4.49. The van der Waals surface area contributed by atoms with Gasteiger partial charge in [0.25, 0.3) is 0 Å². The van der Waals surface area contributed by atoms with Gasteiger partial charge in [0.15, 0.2) is 0 Å². The van der Waals surface area contributed by atoms with E-state index in [1.165, 1.54) is 0 Å². The normalized spacial score (nSPS) is 11.3. The Labute approximate surface area is 111 Å². The molecular weight excluding hydrogens is 242 g/mol. The number of hydrogen-bond acceptors (Lipinski definition) is 4. The van der Waals surface area contributed by atoms with Crippen molar-refractivity contribution >= 4 is 22.5 Å². The van der Waals surface area contributed by atoms with Crippen LogP contribution in [0.15, 0.2) is 30.5 Å². The van der Waals surface area contributed by atoms with E-state index in [0.717, 1.165) is 16.5 Å². The summed E-state index contributed by atoms with van der Waals surface area (Å²) in [6, 6.07) is 7.60. The zero-order valence-electron chi connectivity index (χ0n) is 11.2. The smallest absolute Gasteiger partial charge is 0.242 e. The highest BCUT2D eigenvalue weighted by molar-refractivity contribution is 5.95. The maximum Gasteiger partial charge on any atom is 0.242 e. The minimum absolute atomic E-state index is 0.436. The third-order valence-corrected chi connectivity index (χ3v) is 3.02. The van der Waals surface area contributed by atoms with Gasteiger partial charge < -0.3 is 15.8 Å². The molecule has 0 aliphatic carbocycles. The highest BCUT2D eigenvalue weighted by atomic mass is 16.5. The average molecular weight is 259 g/mol. The number of benzene rings is 1. The Morgan fingerprint density at radius 1 is 1.37 bits per heavy atom. The second kappa shape index (κ2) is 4.76. The summed E-state index contributed by atoms with van der Waals surface area (Å²) in [5.74, 6) is 0.912. The molecule has 0 spiro atoms. The Morgan fingerprint density at radius 3 is 2.74 bits per heavy atom. The molecule has 19 heavy (non-hydrogen) atoms. The molecule has 0 atom stereocenters. The van der Waals surface area contributed by atoms with Gasteiger partial charge in [0, 0.05) is 11.6 Å². The third-order valence-electron chi connectivity index (χ3n) is 3.02. The molecule has 2 rings (SSSR count). The molecule has 0 aliphatic heterocycles. The fraction of sp³-hybridized carbons (Fsp3) is 0.286. The van der Waals surface area contributed by atoms with Crippen molar-refractivity contribution in [2.45, 2.75) is 19.4 Å². The molecule has 0 aliphatic rings. The van der Waals surface area contributed by atoms with E-state index in [9.17, 15) is 4.79 Å². The van der Waals surface area contributed by atoms with Crippen LogP contribution in [0.1, 0.15) is 13.8 Å². The van der Waals surface area contributed by atoms with E-state index in [1.807, 2.05) is 24.3 Å². The number of nitrogens with one attached hydrogen (secondary N) is 1. The highest BCUT2D eigenvalue weighted by Gasteiger charge is 2.25. The number of pyridine rings is 1. The van der Waals surface area contributed by atoms with Gasteiger partial charge in [-0.15, -0.1) is 0 Å². The first kappa shape index (κ1) is 13.1. The summed E-state index contributed by atoms with van der Waals surface area (Å²) in [7, 11) is 1.61.